The highest BCUT2D eigenvalue weighted by Gasteiger charge is 2.15. The van der Waals surface area contributed by atoms with Crippen molar-refractivity contribution in [1.82, 2.24) is 16.2 Å². The summed E-state index contributed by atoms with van der Waals surface area (Å²) in [7, 11) is 0. The summed E-state index contributed by atoms with van der Waals surface area (Å²) in [5.74, 6) is -0.171. The van der Waals surface area contributed by atoms with Gasteiger partial charge in [-0.15, -0.1) is 11.3 Å². The predicted molar refractivity (Wildman–Crippen MR) is 88.5 cm³/mol. The monoisotopic (exact) mass is 327 g/mol. The Morgan fingerprint density at radius 1 is 1.52 bits per heavy atom. The molecule has 1 aromatic heterocycles. The first-order chi connectivity index (χ1) is 10.2. The van der Waals surface area contributed by atoms with Crippen molar-refractivity contribution in [2.75, 3.05) is 13.2 Å². The number of thiocarbonyl (C=S) groups is 1. The predicted octanol–water partition coefficient (Wildman–Crippen LogP) is 1.99. The molecule has 0 aromatic carbocycles. The number of hydrogen-bond acceptors (Lipinski definition) is 4. The third-order valence-electron chi connectivity index (χ3n) is 3.22. The number of hydrogen-bond donors (Lipinski definition) is 3. The first kappa shape index (κ1) is 16.2. The summed E-state index contributed by atoms with van der Waals surface area (Å²) in [6.07, 6.45) is 4.46. The third-order valence-corrected chi connectivity index (χ3v) is 4.46. The van der Waals surface area contributed by atoms with E-state index >= 15 is 0 Å². The largest absolute Gasteiger partial charge is 0.376 e. The first-order valence-electron chi connectivity index (χ1n) is 7.22. The average molecular weight is 327 g/mol. The first-order valence-corrected chi connectivity index (χ1v) is 8.51. The van der Waals surface area contributed by atoms with Crippen LogP contribution in [-0.4, -0.2) is 30.3 Å². The molecular formula is C14H21N3O2S2. The summed E-state index contributed by atoms with van der Waals surface area (Å²) in [5.41, 5.74) is 5.98. The summed E-state index contributed by atoms with van der Waals surface area (Å²) in [6, 6.07) is 1.92. The fraction of sp³-hybridized carbons (Fsp3) is 0.571. The van der Waals surface area contributed by atoms with Crippen LogP contribution in [0.1, 0.15) is 41.4 Å². The van der Waals surface area contributed by atoms with E-state index in [2.05, 4.69) is 23.1 Å². The number of aryl methyl sites for hydroxylation is 1. The number of carbonyl (C=O) groups is 1. The Balaban J connectivity index is 1.68. The molecule has 1 aliphatic heterocycles. The van der Waals surface area contributed by atoms with Gasteiger partial charge in [-0.25, -0.2) is 0 Å². The number of nitrogens with one attached hydrogen (secondary N) is 3. The highest BCUT2D eigenvalue weighted by atomic mass is 32.1. The molecule has 116 valence electrons. The van der Waals surface area contributed by atoms with Gasteiger partial charge in [0.15, 0.2) is 5.11 Å². The topological polar surface area (TPSA) is 62.4 Å². The lowest BCUT2D eigenvalue weighted by molar-refractivity contribution is 0.0943. The van der Waals surface area contributed by atoms with E-state index in [9.17, 15) is 4.79 Å². The van der Waals surface area contributed by atoms with Crippen LogP contribution in [0.3, 0.4) is 0 Å². The molecular weight excluding hydrogens is 306 g/mol. The maximum Gasteiger partial charge on any atom is 0.270 e. The minimum absolute atomic E-state index is 0.171. The molecule has 1 aromatic rings. The zero-order valence-corrected chi connectivity index (χ0v) is 13.7. The lowest BCUT2D eigenvalue weighted by Gasteiger charge is -2.14. The summed E-state index contributed by atoms with van der Waals surface area (Å²) < 4.78 is 5.49. The summed E-state index contributed by atoms with van der Waals surface area (Å²) in [4.78, 5) is 13.2. The fourth-order valence-electron chi connectivity index (χ4n) is 2.12. The van der Waals surface area contributed by atoms with E-state index in [-0.39, 0.29) is 12.0 Å². The van der Waals surface area contributed by atoms with Gasteiger partial charge in [0, 0.05) is 23.4 Å². The molecule has 0 saturated carbocycles. The van der Waals surface area contributed by atoms with Crippen molar-refractivity contribution in [2.24, 2.45) is 0 Å². The Bertz CT molecular complexity index is 484. The zero-order chi connectivity index (χ0) is 15.1. The lowest BCUT2D eigenvalue weighted by Crippen LogP contribution is -2.48. The maximum atomic E-state index is 11.9. The van der Waals surface area contributed by atoms with Gasteiger partial charge in [0.1, 0.15) is 0 Å². The van der Waals surface area contributed by atoms with Crippen LogP contribution in [0.2, 0.25) is 0 Å². The molecule has 0 aliphatic carbocycles. The lowest BCUT2D eigenvalue weighted by atomic mass is 10.2. The zero-order valence-electron chi connectivity index (χ0n) is 12.1. The van der Waals surface area contributed by atoms with Crippen LogP contribution in [0.5, 0.6) is 0 Å². The molecule has 0 unspecified atom stereocenters. The molecule has 2 heterocycles. The van der Waals surface area contributed by atoms with E-state index in [1.165, 1.54) is 4.88 Å². The van der Waals surface area contributed by atoms with Crippen molar-refractivity contribution in [1.29, 1.82) is 0 Å². The standard InChI is InChI=1S/C14H21N3O2S2/c1-2-4-12-7-10(9-21-12)13(18)16-17-14(20)15-8-11-5-3-6-19-11/h7,9,11H,2-6,8H2,1H3,(H,16,18)(H2,15,17,20)/t11-/m1/s1. The fourth-order valence-corrected chi connectivity index (χ4v) is 3.22. The Hall–Kier alpha value is -1.18. The molecule has 3 N–H and O–H groups in total. The van der Waals surface area contributed by atoms with Gasteiger partial charge in [0.05, 0.1) is 11.7 Å². The van der Waals surface area contributed by atoms with Crippen LogP contribution in [0.25, 0.3) is 0 Å². The van der Waals surface area contributed by atoms with Gasteiger partial charge in [-0.2, -0.15) is 0 Å². The van der Waals surface area contributed by atoms with Gasteiger partial charge >= 0.3 is 0 Å². The van der Waals surface area contributed by atoms with Gasteiger partial charge in [0.25, 0.3) is 5.91 Å². The normalized spacial score (nSPS) is 17.5. The molecule has 1 atom stereocenters. The van der Waals surface area contributed by atoms with Crippen LogP contribution in [0.4, 0.5) is 0 Å². The molecule has 0 spiro atoms. The smallest absolute Gasteiger partial charge is 0.270 e. The Labute approximate surface area is 134 Å². The maximum absolute atomic E-state index is 11.9. The number of ether oxygens (including phenoxy) is 1. The highest BCUT2D eigenvalue weighted by molar-refractivity contribution is 7.80. The molecule has 5 nitrogen and oxygen atoms in total. The Morgan fingerprint density at radius 3 is 3.10 bits per heavy atom. The van der Waals surface area contributed by atoms with Crippen molar-refractivity contribution < 1.29 is 9.53 Å². The van der Waals surface area contributed by atoms with Crippen molar-refractivity contribution in [2.45, 2.75) is 38.7 Å². The van der Waals surface area contributed by atoms with Crippen LogP contribution in [0.15, 0.2) is 11.4 Å². The molecule has 7 heteroatoms. The second kappa shape index (κ2) is 8.31. The second-order valence-electron chi connectivity index (χ2n) is 4.98. The molecule has 0 radical (unpaired) electrons. The van der Waals surface area contributed by atoms with E-state index in [0.29, 0.717) is 17.2 Å². The highest BCUT2D eigenvalue weighted by Crippen LogP contribution is 2.16. The van der Waals surface area contributed by atoms with Crippen LogP contribution in [-0.2, 0) is 11.2 Å². The number of carbonyl (C=O) groups excluding carboxylic acids is 1. The minimum atomic E-state index is -0.171. The third kappa shape index (κ3) is 5.26. The van der Waals surface area contributed by atoms with Gasteiger partial charge in [-0.05, 0) is 37.5 Å². The quantitative estimate of drug-likeness (QED) is 0.570. The molecule has 2 rings (SSSR count). The summed E-state index contributed by atoms with van der Waals surface area (Å²) in [6.45, 7) is 3.61. The second-order valence-corrected chi connectivity index (χ2v) is 6.38. The Kier molecular flexibility index (Phi) is 6.41. The SMILES string of the molecule is CCCc1cc(C(=O)NNC(=S)NC[C@H]2CCCO2)cs1. The van der Waals surface area contributed by atoms with Crippen molar-refractivity contribution in [3.05, 3.63) is 21.9 Å². The van der Waals surface area contributed by atoms with Gasteiger partial charge in [-0.1, -0.05) is 13.3 Å². The van der Waals surface area contributed by atoms with Crippen LogP contribution in [0, 0.1) is 0 Å². The van der Waals surface area contributed by atoms with Gasteiger partial charge in [-0.3, -0.25) is 15.6 Å². The van der Waals surface area contributed by atoms with Crippen molar-refractivity contribution >= 4 is 34.6 Å². The molecule has 1 saturated heterocycles. The van der Waals surface area contributed by atoms with E-state index in [1.54, 1.807) is 11.3 Å². The van der Waals surface area contributed by atoms with E-state index in [4.69, 9.17) is 17.0 Å². The molecule has 0 bridgehead atoms. The Morgan fingerprint density at radius 2 is 2.38 bits per heavy atom. The number of thiophene rings is 1. The molecule has 1 aliphatic rings. The molecule has 1 amide bonds. The van der Waals surface area contributed by atoms with Crippen LogP contribution >= 0.6 is 23.6 Å². The average Bonchev–Trinajstić information content (AvgIpc) is 3.14. The van der Waals surface area contributed by atoms with E-state index in [0.717, 1.165) is 32.3 Å². The number of amides is 1. The minimum Gasteiger partial charge on any atom is -0.376 e. The molecule has 21 heavy (non-hydrogen) atoms. The van der Waals surface area contributed by atoms with Crippen molar-refractivity contribution in [3.63, 3.8) is 0 Å². The number of hydrazine groups is 1. The summed E-state index contributed by atoms with van der Waals surface area (Å²) in [5, 5.41) is 5.31. The summed E-state index contributed by atoms with van der Waals surface area (Å²) >= 11 is 6.72. The number of rotatable bonds is 5. The van der Waals surface area contributed by atoms with Gasteiger partial charge < -0.3 is 10.1 Å². The van der Waals surface area contributed by atoms with E-state index in [1.807, 2.05) is 11.4 Å². The molecule has 1 fully saturated rings. The van der Waals surface area contributed by atoms with Crippen LogP contribution < -0.4 is 16.2 Å². The van der Waals surface area contributed by atoms with Gasteiger partial charge in [0.2, 0.25) is 0 Å². The van der Waals surface area contributed by atoms with E-state index < -0.39 is 0 Å². The van der Waals surface area contributed by atoms with Crippen molar-refractivity contribution in [3.8, 4) is 0 Å².